The van der Waals surface area contributed by atoms with Gasteiger partial charge in [0.15, 0.2) is 6.23 Å². The monoisotopic (exact) mass is 305 g/mol. The van der Waals surface area contributed by atoms with E-state index in [2.05, 4.69) is 4.98 Å². The zero-order valence-electron chi connectivity index (χ0n) is 11.3. The summed E-state index contributed by atoms with van der Waals surface area (Å²) < 4.78 is 43.0. The van der Waals surface area contributed by atoms with Crippen molar-refractivity contribution in [2.75, 3.05) is 25.7 Å². The van der Waals surface area contributed by atoms with Crippen LogP contribution < -0.4 is 4.90 Å². The van der Waals surface area contributed by atoms with Crippen molar-refractivity contribution in [3.8, 4) is 0 Å². The van der Waals surface area contributed by atoms with Crippen LogP contribution in [0.25, 0.3) is 0 Å². The number of carbonyl (C=O) groups is 1. The van der Waals surface area contributed by atoms with Gasteiger partial charge in [0.25, 0.3) is 0 Å². The van der Waals surface area contributed by atoms with Crippen LogP contribution in [0.1, 0.15) is 5.56 Å². The third kappa shape index (κ3) is 2.79. The molecule has 1 aromatic heterocycles. The van der Waals surface area contributed by atoms with E-state index < -0.39 is 30.0 Å². The summed E-state index contributed by atoms with van der Waals surface area (Å²) in [4.78, 5) is 17.8. The lowest BCUT2D eigenvalue weighted by molar-refractivity contribution is -0.137. The zero-order valence-corrected chi connectivity index (χ0v) is 11.3. The Morgan fingerprint density at radius 3 is 2.71 bits per heavy atom. The number of rotatable bonds is 3. The first-order chi connectivity index (χ1) is 9.77. The largest absolute Gasteiger partial charge is 0.416 e. The summed E-state index contributed by atoms with van der Waals surface area (Å²) in [5.74, 6) is -0.257. The number of pyridine rings is 1. The number of carbonyl (C=O) groups excluding carboxylic acids is 1. The number of methoxy groups -OCH3 is 1. The van der Waals surface area contributed by atoms with Crippen LogP contribution in [0.3, 0.4) is 0 Å². The minimum Gasteiger partial charge on any atom is -0.382 e. The van der Waals surface area contributed by atoms with Crippen molar-refractivity contribution >= 4 is 11.8 Å². The second kappa shape index (κ2) is 5.49. The minimum atomic E-state index is -4.55. The molecule has 0 spiro atoms. The van der Waals surface area contributed by atoms with Gasteiger partial charge in [0.2, 0.25) is 0 Å². The summed E-state index contributed by atoms with van der Waals surface area (Å²) in [7, 11) is 2.83. The van der Waals surface area contributed by atoms with Crippen LogP contribution >= 0.6 is 0 Å². The number of ether oxygens (including phenoxy) is 1. The predicted octanol–water partition coefficient (Wildman–Crippen LogP) is 1.31. The van der Waals surface area contributed by atoms with Crippen LogP contribution in [0.15, 0.2) is 18.3 Å². The standard InChI is InChI=1S/C12H14F3N3O3/c1-17-8(6-21-2)10(19)18(11(17)20)9-5-7(3-4-16-9)12(13,14)15/h3-5,8,10,19H,6H2,1-2H3/t8-,10?/m0/s1. The van der Waals surface area contributed by atoms with Crippen molar-refractivity contribution in [2.45, 2.75) is 18.4 Å². The number of anilines is 1. The molecule has 2 atom stereocenters. The highest BCUT2D eigenvalue weighted by Gasteiger charge is 2.45. The topological polar surface area (TPSA) is 65.9 Å². The molecule has 1 saturated heterocycles. The minimum absolute atomic E-state index is 0.0544. The maximum Gasteiger partial charge on any atom is 0.416 e. The smallest absolute Gasteiger partial charge is 0.382 e. The number of aliphatic hydroxyl groups excluding tert-OH is 1. The molecule has 1 aromatic rings. The van der Waals surface area contributed by atoms with Crippen molar-refractivity contribution in [3.05, 3.63) is 23.9 Å². The third-order valence-electron chi connectivity index (χ3n) is 3.27. The summed E-state index contributed by atoms with van der Waals surface area (Å²) in [5.41, 5.74) is -0.939. The lowest BCUT2D eigenvalue weighted by atomic mass is 10.2. The predicted molar refractivity (Wildman–Crippen MR) is 66.5 cm³/mol. The molecule has 21 heavy (non-hydrogen) atoms. The van der Waals surface area contributed by atoms with Gasteiger partial charge in [0, 0.05) is 20.4 Å². The van der Waals surface area contributed by atoms with Crippen LogP contribution in [0.2, 0.25) is 0 Å². The number of alkyl halides is 3. The zero-order chi connectivity index (χ0) is 15.8. The molecule has 0 bridgehead atoms. The number of aromatic nitrogens is 1. The van der Waals surface area contributed by atoms with E-state index in [1.807, 2.05) is 0 Å². The van der Waals surface area contributed by atoms with Crippen LogP contribution in [0.4, 0.5) is 23.8 Å². The molecule has 2 rings (SSSR count). The third-order valence-corrected chi connectivity index (χ3v) is 3.27. The average molecular weight is 305 g/mol. The maximum atomic E-state index is 12.7. The van der Waals surface area contributed by atoms with Gasteiger partial charge in [-0.15, -0.1) is 0 Å². The van der Waals surface area contributed by atoms with E-state index in [9.17, 15) is 23.1 Å². The van der Waals surface area contributed by atoms with Crippen molar-refractivity contribution < 1.29 is 27.8 Å². The molecule has 0 aliphatic carbocycles. The van der Waals surface area contributed by atoms with Gasteiger partial charge in [-0.1, -0.05) is 0 Å². The second-order valence-electron chi connectivity index (χ2n) is 4.60. The van der Waals surface area contributed by atoms with Crippen LogP contribution in [0, 0.1) is 0 Å². The molecule has 0 aromatic carbocycles. The molecule has 1 unspecified atom stereocenters. The first-order valence-corrected chi connectivity index (χ1v) is 6.03. The van der Waals surface area contributed by atoms with E-state index in [1.165, 1.54) is 19.1 Å². The van der Waals surface area contributed by atoms with Gasteiger partial charge in [-0.3, -0.25) is 0 Å². The normalized spacial score (nSPS) is 23.0. The van der Waals surface area contributed by atoms with Crippen LogP contribution in [0.5, 0.6) is 0 Å². The number of halogens is 3. The number of nitrogens with zero attached hydrogens (tertiary/aromatic N) is 3. The average Bonchev–Trinajstić information content (AvgIpc) is 2.62. The Morgan fingerprint density at radius 1 is 1.48 bits per heavy atom. The SMILES string of the molecule is COC[C@H]1C(O)N(c2cc(C(F)(F)F)ccn2)C(=O)N1C. The summed E-state index contributed by atoms with van der Waals surface area (Å²) >= 11 is 0. The molecule has 2 heterocycles. The van der Waals surface area contributed by atoms with Gasteiger partial charge in [-0.25, -0.2) is 14.7 Å². The Hall–Kier alpha value is -1.87. The van der Waals surface area contributed by atoms with Crippen molar-refractivity contribution in [3.63, 3.8) is 0 Å². The van der Waals surface area contributed by atoms with Crippen molar-refractivity contribution in [1.29, 1.82) is 0 Å². The molecule has 116 valence electrons. The Bertz CT molecular complexity index is 538. The number of urea groups is 1. The Morgan fingerprint density at radius 2 is 2.14 bits per heavy atom. The van der Waals surface area contributed by atoms with E-state index in [0.29, 0.717) is 0 Å². The molecular weight excluding hydrogens is 291 g/mol. The van der Waals surface area contributed by atoms with E-state index in [0.717, 1.165) is 23.2 Å². The Labute approximate surface area is 118 Å². The van der Waals surface area contributed by atoms with E-state index in [1.54, 1.807) is 0 Å². The highest BCUT2D eigenvalue weighted by atomic mass is 19.4. The number of hydrogen-bond donors (Lipinski definition) is 1. The van der Waals surface area contributed by atoms with Gasteiger partial charge >= 0.3 is 12.2 Å². The fourth-order valence-corrected chi connectivity index (χ4v) is 2.13. The highest BCUT2D eigenvalue weighted by Crippen LogP contribution is 2.33. The van der Waals surface area contributed by atoms with Crippen molar-refractivity contribution in [2.24, 2.45) is 0 Å². The Kier molecular flexibility index (Phi) is 4.06. The number of likely N-dealkylation sites (N-methyl/N-ethyl adjacent to an activating group) is 1. The highest BCUT2D eigenvalue weighted by molar-refractivity contribution is 5.94. The molecule has 1 N–H and O–H groups in total. The summed E-state index contributed by atoms with van der Waals surface area (Å²) in [5, 5.41) is 10.1. The lowest BCUT2D eigenvalue weighted by Crippen LogP contribution is -2.39. The molecule has 1 aliphatic heterocycles. The van der Waals surface area contributed by atoms with Gasteiger partial charge in [-0.2, -0.15) is 13.2 Å². The summed E-state index contributed by atoms with van der Waals surface area (Å²) in [6.07, 6.45) is -4.94. The molecule has 0 radical (unpaired) electrons. The van der Waals surface area contributed by atoms with E-state index >= 15 is 0 Å². The summed E-state index contributed by atoms with van der Waals surface area (Å²) in [6.45, 7) is 0.0544. The molecule has 0 saturated carbocycles. The molecule has 2 amide bonds. The molecule has 1 fully saturated rings. The molecule has 6 nitrogen and oxygen atoms in total. The molecule has 9 heteroatoms. The van der Waals surface area contributed by atoms with Crippen LogP contribution in [-0.4, -0.2) is 54.1 Å². The summed E-state index contributed by atoms with van der Waals surface area (Å²) in [6, 6.07) is 0.201. The first-order valence-electron chi connectivity index (χ1n) is 6.03. The fraction of sp³-hybridized carbons (Fsp3) is 0.500. The second-order valence-corrected chi connectivity index (χ2v) is 4.60. The number of hydrogen-bond acceptors (Lipinski definition) is 4. The van der Waals surface area contributed by atoms with Crippen molar-refractivity contribution in [1.82, 2.24) is 9.88 Å². The van der Waals surface area contributed by atoms with Gasteiger partial charge in [-0.05, 0) is 12.1 Å². The molecular formula is C12H14F3N3O3. The quantitative estimate of drug-likeness (QED) is 0.914. The first kappa shape index (κ1) is 15.5. The number of amides is 2. The van der Waals surface area contributed by atoms with Gasteiger partial charge < -0.3 is 14.7 Å². The van der Waals surface area contributed by atoms with E-state index in [-0.39, 0.29) is 12.4 Å². The molecule has 1 aliphatic rings. The maximum absolute atomic E-state index is 12.7. The number of aliphatic hydroxyl groups is 1. The van der Waals surface area contributed by atoms with Gasteiger partial charge in [0.05, 0.1) is 12.2 Å². The Balaban J connectivity index is 2.36. The lowest BCUT2D eigenvalue weighted by Gasteiger charge is -2.21. The van der Waals surface area contributed by atoms with Gasteiger partial charge in [0.1, 0.15) is 11.9 Å². The van der Waals surface area contributed by atoms with E-state index in [4.69, 9.17) is 4.74 Å². The van der Waals surface area contributed by atoms with Crippen LogP contribution in [-0.2, 0) is 10.9 Å². The fourth-order valence-electron chi connectivity index (χ4n) is 2.13.